The SMILES string of the molecule is COc1ccc2c(c1)/C(=C\c1ccc3c(C#Cc4cccnc4)[nH]nc3c1)CN2. The molecule has 2 aromatic heterocycles. The van der Waals surface area contributed by atoms with E-state index in [9.17, 15) is 0 Å². The van der Waals surface area contributed by atoms with E-state index in [2.05, 4.69) is 68.7 Å². The third kappa shape index (κ3) is 3.32. The summed E-state index contributed by atoms with van der Waals surface area (Å²) in [5.41, 5.74) is 7.21. The molecule has 2 N–H and O–H groups in total. The van der Waals surface area contributed by atoms with Gasteiger partial charge < -0.3 is 10.1 Å². The van der Waals surface area contributed by atoms with Crippen LogP contribution in [0.15, 0.2) is 60.9 Å². The molecule has 0 saturated carbocycles. The molecule has 5 nitrogen and oxygen atoms in total. The van der Waals surface area contributed by atoms with Crippen LogP contribution in [0.1, 0.15) is 22.4 Å². The van der Waals surface area contributed by atoms with Gasteiger partial charge in [0.05, 0.1) is 12.6 Å². The van der Waals surface area contributed by atoms with Gasteiger partial charge in [0.1, 0.15) is 11.4 Å². The number of hydrogen-bond donors (Lipinski definition) is 2. The van der Waals surface area contributed by atoms with E-state index < -0.39 is 0 Å². The molecule has 0 radical (unpaired) electrons. The first kappa shape index (κ1) is 17.1. The van der Waals surface area contributed by atoms with E-state index in [1.807, 2.05) is 18.2 Å². The lowest BCUT2D eigenvalue weighted by atomic mass is 10.0. The Balaban J connectivity index is 1.47. The predicted molar refractivity (Wildman–Crippen MR) is 116 cm³/mol. The maximum absolute atomic E-state index is 5.37. The maximum atomic E-state index is 5.37. The molecule has 3 heterocycles. The average molecular weight is 378 g/mol. The number of nitrogens with one attached hydrogen (secondary N) is 2. The van der Waals surface area contributed by atoms with E-state index in [4.69, 9.17) is 4.74 Å². The Bertz CT molecular complexity index is 1290. The quantitative estimate of drug-likeness (QED) is 0.510. The molecule has 0 saturated heterocycles. The molecule has 0 amide bonds. The molecule has 0 aliphatic carbocycles. The van der Waals surface area contributed by atoms with Gasteiger partial charge in [-0.15, -0.1) is 0 Å². The van der Waals surface area contributed by atoms with Crippen LogP contribution in [-0.4, -0.2) is 28.8 Å². The number of aromatic amines is 1. The first-order chi connectivity index (χ1) is 14.3. The standard InChI is InChI=1S/C24H18N4O/c1-29-19-6-9-22-21(13-19)18(15-26-22)11-17-4-7-20-23(27-28-24(20)12-17)8-5-16-3-2-10-25-14-16/h2-4,6-7,9-14,26H,15H2,1H3,(H,27,28)/b18-11-. The normalized spacial score (nSPS) is 13.6. The number of anilines is 1. The molecule has 0 unspecified atom stereocenters. The van der Waals surface area contributed by atoms with Gasteiger partial charge in [-0.3, -0.25) is 10.1 Å². The zero-order chi connectivity index (χ0) is 19.6. The van der Waals surface area contributed by atoms with Crippen molar-refractivity contribution in [1.82, 2.24) is 15.2 Å². The predicted octanol–water partition coefficient (Wildman–Crippen LogP) is 4.33. The molecule has 0 fully saturated rings. The topological polar surface area (TPSA) is 62.8 Å². The van der Waals surface area contributed by atoms with Crippen molar-refractivity contribution in [3.63, 3.8) is 0 Å². The zero-order valence-electron chi connectivity index (χ0n) is 15.9. The first-order valence-electron chi connectivity index (χ1n) is 9.33. The molecule has 0 bridgehead atoms. The molecule has 0 spiro atoms. The smallest absolute Gasteiger partial charge is 0.119 e. The lowest BCUT2D eigenvalue weighted by Gasteiger charge is -2.04. The van der Waals surface area contributed by atoms with Crippen LogP contribution in [-0.2, 0) is 0 Å². The van der Waals surface area contributed by atoms with Crippen molar-refractivity contribution in [2.45, 2.75) is 0 Å². The van der Waals surface area contributed by atoms with Gasteiger partial charge in [0.2, 0.25) is 0 Å². The summed E-state index contributed by atoms with van der Waals surface area (Å²) in [6.07, 6.45) is 5.67. The lowest BCUT2D eigenvalue weighted by molar-refractivity contribution is 0.415. The number of fused-ring (bicyclic) bond motifs is 2. The molecule has 1 aliphatic rings. The van der Waals surface area contributed by atoms with Crippen LogP contribution >= 0.6 is 0 Å². The number of methoxy groups -OCH3 is 1. The highest BCUT2D eigenvalue weighted by Gasteiger charge is 2.16. The summed E-state index contributed by atoms with van der Waals surface area (Å²) in [6.45, 7) is 0.795. The molecule has 5 heteroatoms. The summed E-state index contributed by atoms with van der Waals surface area (Å²) in [5.74, 6) is 7.13. The number of ether oxygens (including phenoxy) is 1. The van der Waals surface area contributed by atoms with Crippen LogP contribution in [0.2, 0.25) is 0 Å². The second kappa shape index (κ2) is 7.17. The largest absolute Gasteiger partial charge is 0.497 e. The summed E-state index contributed by atoms with van der Waals surface area (Å²) >= 11 is 0. The fraction of sp³-hybridized carbons (Fsp3) is 0.0833. The van der Waals surface area contributed by atoms with Gasteiger partial charge in [0.25, 0.3) is 0 Å². The van der Waals surface area contributed by atoms with Crippen LogP contribution in [0.5, 0.6) is 5.75 Å². The van der Waals surface area contributed by atoms with Gasteiger partial charge in [0, 0.05) is 41.1 Å². The van der Waals surface area contributed by atoms with Crippen molar-refractivity contribution in [3.05, 3.63) is 83.3 Å². The highest BCUT2D eigenvalue weighted by atomic mass is 16.5. The van der Waals surface area contributed by atoms with Gasteiger partial charge >= 0.3 is 0 Å². The molecule has 140 valence electrons. The van der Waals surface area contributed by atoms with E-state index in [1.165, 1.54) is 11.1 Å². The number of benzene rings is 2. The van der Waals surface area contributed by atoms with E-state index >= 15 is 0 Å². The summed E-state index contributed by atoms with van der Waals surface area (Å²) in [4.78, 5) is 4.09. The highest BCUT2D eigenvalue weighted by Crippen LogP contribution is 2.35. The Morgan fingerprint density at radius 3 is 2.93 bits per heavy atom. The number of pyridine rings is 1. The van der Waals surface area contributed by atoms with E-state index in [0.717, 1.165) is 45.7 Å². The van der Waals surface area contributed by atoms with Crippen molar-refractivity contribution in [2.75, 3.05) is 19.0 Å². The monoisotopic (exact) mass is 378 g/mol. The van der Waals surface area contributed by atoms with Gasteiger partial charge in [0.15, 0.2) is 0 Å². The molecular weight excluding hydrogens is 360 g/mol. The molecule has 5 rings (SSSR count). The summed E-state index contributed by atoms with van der Waals surface area (Å²) in [7, 11) is 1.69. The van der Waals surface area contributed by atoms with Crippen molar-refractivity contribution < 1.29 is 4.74 Å². The number of hydrogen-bond acceptors (Lipinski definition) is 4. The van der Waals surface area contributed by atoms with Gasteiger partial charge in [-0.2, -0.15) is 5.10 Å². The minimum absolute atomic E-state index is 0.795. The minimum atomic E-state index is 0.795. The fourth-order valence-corrected chi connectivity index (χ4v) is 3.47. The number of rotatable bonds is 2. The number of H-pyrrole nitrogens is 1. The Morgan fingerprint density at radius 1 is 1.10 bits per heavy atom. The van der Waals surface area contributed by atoms with Crippen LogP contribution in [0.3, 0.4) is 0 Å². The van der Waals surface area contributed by atoms with Gasteiger partial charge in [-0.25, -0.2) is 0 Å². The van der Waals surface area contributed by atoms with Gasteiger partial charge in [-0.1, -0.05) is 12.0 Å². The highest BCUT2D eigenvalue weighted by molar-refractivity contribution is 5.95. The zero-order valence-corrected chi connectivity index (χ0v) is 15.9. The Labute approximate surface area is 168 Å². The molecule has 4 aromatic rings. The van der Waals surface area contributed by atoms with E-state index in [0.29, 0.717) is 0 Å². The Kier molecular flexibility index (Phi) is 4.23. The number of aromatic nitrogens is 3. The first-order valence-corrected chi connectivity index (χ1v) is 9.33. The second-order valence-corrected chi connectivity index (χ2v) is 6.80. The lowest BCUT2D eigenvalue weighted by Crippen LogP contribution is -1.91. The average Bonchev–Trinajstić information content (AvgIpc) is 3.36. The molecule has 2 aromatic carbocycles. The van der Waals surface area contributed by atoms with Crippen molar-refractivity contribution >= 4 is 28.2 Å². The Hall–Kier alpha value is -4.04. The third-order valence-corrected chi connectivity index (χ3v) is 4.96. The van der Waals surface area contributed by atoms with E-state index in [-0.39, 0.29) is 0 Å². The molecular formula is C24H18N4O. The van der Waals surface area contributed by atoms with Crippen molar-refractivity contribution in [1.29, 1.82) is 0 Å². The molecule has 1 aliphatic heterocycles. The van der Waals surface area contributed by atoms with Crippen LogP contribution < -0.4 is 10.1 Å². The second-order valence-electron chi connectivity index (χ2n) is 6.80. The molecule has 0 atom stereocenters. The van der Waals surface area contributed by atoms with Crippen molar-refractivity contribution in [3.8, 4) is 17.6 Å². The molecule has 29 heavy (non-hydrogen) atoms. The van der Waals surface area contributed by atoms with Crippen LogP contribution in [0.25, 0.3) is 22.6 Å². The Morgan fingerprint density at radius 2 is 2.07 bits per heavy atom. The summed E-state index contributed by atoms with van der Waals surface area (Å²) in [6, 6.07) is 16.1. The van der Waals surface area contributed by atoms with Crippen molar-refractivity contribution in [2.24, 2.45) is 0 Å². The minimum Gasteiger partial charge on any atom is -0.497 e. The maximum Gasteiger partial charge on any atom is 0.119 e. The van der Waals surface area contributed by atoms with Crippen LogP contribution in [0, 0.1) is 11.8 Å². The van der Waals surface area contributed by atoms with E-state index in [1.54, 1.807) is 19.5 Å². The van der Waals surface area contributed by atoms with Gasteiger partial charge in [-0.05, 0) is 65.6 Å². The van der Waals surface area contributed by atoms with Crippen LogP contribution in [0.4, 0.5) is 5.69 Å². The third-order valence-electron chi connectivity index (χ3n) is 4.96. The summed E-state index contributed by atoms with van der Waals surface area (Å²) < 4.78 is 5.37. The fourth-order valence-electron chi connectivity index (χ4n) is 3.47. The summed E-state index contributed by atoms with van der Waals surface area (Å²) in [5, 5.41) is 11.9. The number of nitrogens with zero attached hydrogens (tertiary/aromatic N) is 2.